The van der Waals surface area contributed by atoms with Crippen LogP contribution in [0.2, 0.25) is 25.7 Å². The van der Waals surface area contributed by atoms with Crippen LogP contribution in [-0.2, 0) is 27.4 Å². The minimum Gasteiger partial charge on any atom is -0.483 e. The number of ether oxygens (including phenoxy) is 3. The highest BCUT2D eigenvalue weighted by atomic mass is 28.3. The first-order valence-corrected chi connectivity index (χ1v) is 13.1. The molecule has 152 valence electrons. The Hall–Kier alpha value is -1.74. The Morgan fingerprint density at radius 1 is 1.11 bits per heavy atom. The fourth-order valence-corrected chi connectivity index (χ4v) is 3.48. The summed E-state index contributed by atoms with van der Waals surface area (Å²) in [6.45, 7) is 12.3. The quantitative estimate of drug-likeness (QED) is 0.499. The molecule has 8 nitrogen and oxygen atoms in total. The van der Waals surface area contributed by atoms with Crippen molar-refractivity contribution >= 4 is 19.9 Å². The average molecular weight is 396 g/mol. The number of nitrogens with zero attached hydrogens (tertiary/aromatic N) is 5. The third-order valence-corrected chi connectivity index (χ3v) is 6.05. The molecule has 1 aromatic heterocycles. The summed E-state index contributed by atoms with van der Waals surface area (Å²) in [5, 5.41) is 8.37. The van der Waals surface area contributed by atoms with E-state index in [1.807, 2.05) is 6.20 Å². The molecule has 0 saturated heterocycles. The Bertz CT molecular complexity index is 666. The van der Waals surface area contributed by atoms with Gasteiger partial charge in [0.25, 0.3) is 0 Å². The summed E-state index contributed by atoms with van der Waals surface area (Å²) in [5.41, 5.74) is 0.820. The first kappa shape index (κ1) is 21.6. The van der Waals surface area contributed by atoms with Crippen LogP contribution < -0.4 is 0 Å². The molecular formula is C18H33N5O3Si. The summed E-state index contributed by atoms with van der Waals surface area (Å²) < 4.78 is 18.4. The molecule has 1 aliphatic rings. The molecule has 2 heterocycles. The number of aromatic nitrogens is 3. The van der Waals surface area contributed by atoms with E-state index in [1.54, 1.807) is 18.9 Å². The van der Waals surface area contributed by atoms with Gasteiger partial charge in [-0.15, -0.1) is 5.10 Å². The van der Waals surface area contributed by atoms with Crippen LogP contribution in [0, 0.1) is 5.92 Å². The minimum atomic E-state index is -1.08. The SMILES string of the molecule is COC1=N[C@H](C(C)C)C(OC)=N[C@H]1Cc1cn(COCC[Si](C)(C)C)nn1. The molecule has 0 aromatic carbocycles. The lowest BCUT2D eigenvalue weighted by Crippen LogP contribution is -2.38. The van der Waals surface area contributed by atoms with E-state index in [1.165, 1.54) is 0 Å². The van der Waals surface area contributed by atoms with Gasteiger partial charge in [0.2, 0.25) is 11.8 Å². The minimum absolute atomic E-state index is 0.114. The zero-order valence-corrected chi connectivity index (χ0v) is 18.6. The van der Waals surface area contributed by atoms with Crippen LogP contribution in [0.5, 0.6) is 0 Å². The van der Waals surface area contributed by atoms with Crippen LogP contribution >= 0.6 is 0 Å². The van der Waals surface area contributed by atoms with Crippen molar-refractivity contribution in [2.24, 2.45) is 15.9 Å². The fourth-order valence-electron chi connectivity index (χ4n) is 2.72. The van der Waals surface area contributed by atoms with E-state index in [0.29, 0.717) is 24.9 Å². The third-order valence-electron chi connectivity index (χ3n) is 4.35. The van der Waals surface area contributed by atoms with Gasteiger partial charge < -0.3 is 14.2 Å². The Morgan fingerprint density at radius 3 is 2.41 bits per heavy atom. The first-order chi connectivity index (χ1) is 12.7. The van der Waals surface area contributed by atoms with Crippen molar-refractivity contribution in [2.45, 2.75) is 64.8 Å². The Labute approximate surface area is 163 Å². The topological polar surface area (TPSA) is 83.1 Å². The smallest absolute Gasteiger partial charge is 0.209 e. The zero-order valence-electron chi connectivity index (χ0n) is 17.6. The normalized spacial score (nSPS) is 20.4. The van der Waals surface area contributed by atoms with E-state index in [2.05, 4.69) is 48.8 Å². The van der Waals surface area contributed by atoms with Gasteiger partial charge >= 0.3 is 0 Å². The predicted octanol–water partition coefficient (Wildman–Crippen LogP) is 2.63. The van der Waals surface area contributed by atoms with Gasteiger partial charge in [-0.2, -0.15) is 0 Å². The molecule has 0 unspecified atom stereocenters. The van der Waals surface area contributed by atoms with Gasteiger partial charge in [-0.1, -0.05) is 38.7 Å². The summed E-state index contributed by atoms with van der Waals surface area (Å²) in [7, 11) is 2.18. The van der Waals surface area contributed by atoms with E-state index in [9.17, 15) is 0 Å². The standard InChI is InChI=1S/C18H33N5O3Si/c1-13(2)16-18(25-4)19-15(17(20-16)24-3)10-14-11-23(22-21-14)12-26-8-9-27(5,6)7/h11,13,15-16H,8-10,12H2,1-7H3/t15-,16+/m0/s1. The molecule has 2 atom stereocenters. The molecule has 0 bridgehead atoms. The number of methoxy groups -OCH3 is 2. The van der Waals surface area contributed by atoms with E-state index in [-0.39, 0.29) is 18.0 Å². The van der Waals surface area contributed by atoms with Crippen LogP contribution in [0.4, 0.5) is 0 Å². The van der Waals surface area contributed by atoms with Gasteiger partial charge in [-0.05, 0) is 12.0 Å². The molecule has 1 aliphatic heterocycles. The van der Waals surface area contributed by atoms with Crippen molar-refractivity contribution in [3.63, 3.8) is 0 Å². The summed E-state index contributed by atoms with van der Waals surface area (Å²) in [6.07, 6.45) is 2.44. The maximum atomic E-state index is 5.72. The third kappa shape index (κ3) is 6.42. The predicted molar refractivity (Wildman–Crippen MR) is 109 cm³/mol. The molecular weight excluding hydrogens is 362 g/mol. The highest BCUT2D eigenvalue weighted by Gasteiger charge is 2.31. The van der Waals surface area contributed by atoms with Crippen molar-refractivity contribution in [1.82, 2.24) is 15.0 Å². The number of hydrogen-bond acceptors (Lipinski definition) is 7. The zero-order chi connectivity index (χ0) is 20.0. The molecule has 2 rings (SSSR count). The Balaban J connectivity index is 1.97. The van der Waals surface area contributed by atoms with Gasteiger partial charge in [0, 0.05) is 21.1 Å². The van der Waals surface area contributed by atoms with Crippen LogP contribution in [0.1, 0.15) is 19.5 Å². The summed E-state index contributed by atoms with van der Waals surface area (Å²) in [4.78, 5) is 9.38. The molecule has 0 amide bonds. The largest absolute Gasteiger partial charge is 0.483 e. The highest BCUT2D eigenvalue weighted by Crippen LogP contribution is 2.19. The molecule has 0 N–H and O–H groups in total. The molecule has 0 saturated carbocycles. The maximum Gasteiger partial charge on any atom is 0.209 e. The van der Waals surface area contributed by atoms with E-state index in [4.69, 9.17) is 19.2 Å². The molecule has 27 heavy (non-hydrogen) atoms. The molecule has 0 spiro atoms. The average Bonchev–Trinajstić information content (AvgIpc) is 3.04. The van der Waals surface area contributed by atoms with Crippen LogP contribution in [0.15, 0.2) is 16.2 Å². The molecule has 9 heteroatoms. The van der Waals surface area contributed by atoms with E-state index < -0.39 is 8.07 Å². The van der Waals surface area contributed by atoms with Crippen molar-refractivity contribution in [3.05, 3.63) is 11.9 Å². The van der Waals surface area contributed by atoms with Crippen LogP contribution in [0.25, 0.3) is 0 Å². The monoisotopic (exact) mass is 395 g/mol. The van der Waals surface area contributed by atoms with Crippen LogP contribution in [-0.4, -0.2) is 67.8 Å². The molecule has 0 aliphatic carbocycles. The highest BCUT2D eigenvalue weighted by molar-refractivity contribution is 6.76. The summed E-state index contributed by atoms with van der Waals surface area (Å²) in [5.74, 6) is 1.53. The fraction of sp³-hybridized carbons (Fsp3) is 0.778. The van der Waals surface area contributed by atoms with Gasteiger partial charge in [-0.3, -0.25) is 0 Å². The summed E-state index contributed by atoms with van der Waals surface area (Å²) in [6, 6.07) is 0.769. The van der Waals surface area contributed by atoms with Crippen molar-refractivity contribution in [1.29, 1.82) is 0 Å². The molecule has 1 aromatic rings. The molecule has 0 radical (unpaired) electrons. The lowest BCUT2D eigenvalue weighted by molar-refractivity contribution is 0.0772. The van der Waals surface area contributed by atoms with Crippen molar-refractivity contribution in [3.8, 4) is 0 Å². The Morgan fingerprint density at radius 2 is 1.81 bits per heavy atom. The van der Waals surface area contributed by atoms with Gasteiger partial charge in [0.15, 0.2) is 0 Å². The maximum absolute atomic E-state index is 5.72. The lowest BCUT2D eigenvalue weighted by Gasteiger charge is -2.26. The van der Waals surface area contributed by atoms with Gasteiger partial charge in [-0.25, -0.2) is 14.7 Å². The second kappa shape index (κ2) is 9.45. The van der Waals surface area contributed by atoms with Gasteiger partial charge in [0.1, 0.15) is 18.8 Å². The van der Waals surface area contributed by atoms with Crippen molar-refractivity contribution in [2.75, 3.05) is 20.8 Å². The second-order valence-corrected chi connectivity index (χ2v) is 14.0. The van der Waals surface area contributed by atoms with Crippen molar-refractivity contribution < 1.29 is 14.2 Å². The van der Waals surface area contributed by atoms with E-state index >= 15 is 0 Å². The number of hydrogen-bond donors (Lipinski definition) is 0. The molecule has 0 fully saturated rings. The lowest BCUT2D eigenvalue weighted by atomic mass is 10.0. The second-order valence-electron chi connectivity index (χ2n) is 8.35. The number of rotatable bonds is 8. The Kier molecular flexibility index (Phi) is 7.55. The summed E-state index contributed by atoms with van der Waals surface area (Å²) >= 11 is 0. The van der Waals surface area contributed by atoms with Crippen LogP contribution in [0.3, 0.4) is 0 Å². The first-order valence-electron chi connectivity index (χ1n) is 9.43. The van der Waals surface area contributed by atoms with Gasteiger partial charge in [0.05, 0.1) is 26.1 Å². The number of aliphatic imine (C=N–C) groups is 2. The van der Waals surface area contributed by atoms with E-state index in [0.717, 1.165) is 18.3 Å².